The average Bonchev–Trinajstić information content (AvgIpc) is 3.56. The number of carbonyl (C=O) groups excluding carboxylic acids is 2. The van der Waals surface area contributed by atoms with Crippen molar-refractivity contribution < 1.29 is 24.2 Å². The topological polar surface area (TPSA) is 95.9 Å². The third kappa shape index (κ3) is 4.58. The van der Waals surface area contributed by atoms with E-state index < -0.39 is 17.6 Å². The third-order valence-electron chi connectivity index (χ3n) is 6.87. The Morgan fingerprint density at radius 2 is 1.67 bits per heavy atom. The molecule has 7 heteroatoms. The van der Waals surface area contributed by atoms with Gasteiger partial charge in [0.1, 0.15) is 12.1 Å². The van der Waals surface area contributed by atoms with Crippen LogP contribution in [0.3, 0.4) is 0 Å². The summed E-state index contributed by atoms with van der Waals surface area (Å²) in [6.45, 7) is 2.13. The second-order valence-electron chi connectivity index (χ2n) is 9.05. The minimum atomic E-state index is -1.01. The minimum Gasteiger partial charge on any atom is -0.479 e. The lowest BCUT2D eigenvalue weighted by atomic mass is 9.98. The van der Waals surface area contributed by atoms with Gasteiger partial charge in [-0.25, -0.2) is 9.59 Å². The molecule has 2 N–H and O–H groups in total. The Morgan fingerprint density at radius 1 is 1.09 bits per heavy atom. The highest BCUT2D eigenvalue weighted by molar-refractivity contribution is 5.89. The molecule has 2 aromatic carbocycles. The van der Waals surface area contributed by atoms with Gasteiger partial charge in [0.05, 0.1) is 0 Å². The molecule has 1 atom stereocenters. The van der Waals surface area contributed by atoms with E-state index in [2.05, 4.69) is 29.6 Å². The zero-order valence-corrected chi connectivity index (χ0v) is 19.0. The normalized spacial score (nSPS) is 16.3. The maximum atomic E-state index is 12.4. The predicted molar refractivity (Wildman–Crippen MR) is 124 cm³/mol. The minimum absolute atomic E-state index is 0.00981. The molecule has 2 amide bonds. The lowest BCUT2D eigenvalue weighted by Crippen LogP contribution is -2.44. The van der Waals surface area contributed by atoms with Gasteiger partial charge in [-0.1, -0.05) is 48.5 Å². The molecule has 2 aliphatic carbocycles. The van der Waals surface area contributed by atoms with Crippen LogP contribution in [0.15, 0.2) is 48.5 Å². The molecular formula is C26H30N2O5. The number of alkyl carbamates (subject to hydrolysis) is 1. The first-order valence-corrected chi connectivity index (χ1v) is 11.4. The van der Waals surface area contributed by atoms with E-state index in [0.29, 0.717) is 25.7 Å². The molecule has 0 bridgehead atoms. The molecule has 7 nitrogen and oxygen atoms in total. The zero-order valence-electron chi connectivity index (χ0n) is 19.0. The van der Waals surface area contributed by atoms with Crippen LogP contribution >= 0.6 is 0 Å². The van der Waals surface area contributed by atoms with Crippen LogP contribution < -0.4 is 5.32 Å². The van der Waals surface area contributed by atoms with E-state index in [9.17, 15) is 19.5 Å². The molecule has 2 aliphatic rings. The van der Waals surface area contributed by atoms with E-state index in [4.69, 9.17) is 4.74 Å². The lowest BCUT2D eigenvalue weighted by Gasteiger charge is -2.24. The fourth-order valence-electron chi connectivity index (χ4n) is 4.69. The van der Waals surface area contributed by atoms with Crippen LogP contribution in [0.5, 0.6) is 0 Å². The number of hydrogen-bond donors (Lipinski definition) is 2. The molecule has 4 rings (SSSR count). The van der Waals surface area contributed by atoms with Gasteiger partial charge in [-0.3, -0.25) is 4.79 Å². The van der Waals surface area contributed by atoms with Crippen LogP contribution in [0.25, 0.3) is 11.1 Å². The second kappa shape index (κ2) is 9.25. The Labute approximate surface area is 193 Å². The van der Waals surface area contributed by atoms with E-state index >= 15 is 0 Å². The number of amides is 2. The number of ether oxygens (including phenoxy) is 1. The number of carbonyl (C=O) groups is 3. The Kier molecular flexibility index (Phi) is 6.40. The first-order chi connectivity index (χ1) is 15.8. The van der Waals surface area contributed by atoms with Crippen molar-refractivity contribution in [3.8, 4) is 11.1 Å². The molecule has 1 unspecified atom stereocenters. The molecule has 0 radical (unpaired) electrons. The Morgan fingerprint density at radius 3 is 2.21 bits per heavy atom. The Hall–Kier alpha value is -3.35. The number of benzene rings is 2. The molecule has 2 aromatic rings. The van der Waals surface area contributed by atoms with Crippen LogP contribution in [0.2, 0.25) is 0 Å². The summed E-state index contributed by atoms with van der Waals surface area (Å²) < 4.78 is 5.56. The number of carboxylic acid groups (broad SMARTS) is 1. The highest BCUT2D eigenvalue weighted by Crippen LogP contribution is 2.44. The number of fused-ring (bicyclic) bond motifs is 3. The number of hydrogen-bond acceptors (Lipinski definition) is 4. The summed E-state index contributed by atoms with van der Waals surface area (Å²) in [7, 11) is 1.56. The van der Waals surface area contributed by atoms with Crippen molar-refractivity contribution in [2.75, 3.05) is 13.7 Å². The van der Waals surface area contributed by atoms with Gasteiger partial charge in [0.15, 0.2) is 0 Å². The summed E-state index contributed by atoms with van der Waals surface area (Å²) in [6.07, 6.45) is 1.94. The monoisotopic (exact) mass is 450 g/mol. The summed E-state index contributed by atoms with van der Waals surface area (Å²) in [6, 6.07) is 16.2. The molecule has 174 valence electrons. The van der Waals surface area contributed by atoms with Gasteiger partial charge in [0, 0.05) is 25.4 Å². The lowest BCUT2D eigenvalue weighted by molar-refractivity contribution is -0.151. The maximum Gasteiger partial charge on any atom is 0.407 e. The van der Waals surface area contributed by atoms with Crippen LogP contribution in [0.1, 0.15) is 56.1 Å². The van der Waals surface area contributed by atoms with E-state index in [-0.39, 0.29) is 30.9 Å². The average molecular weight is 451 g/mol. The van der Waals surface area contributed by atoms with E-state index in [1.54, 1.807) is 7.05 Å². The fourth-order valence-corrected chi connectivity index (χ4v) is 4.69. The first kappa shape index (κ1) is 22.8. The summed E-state index contributed by atoms with van der Waals surface area (Å²) in [5, 5.41) is 12.2. The quantitative estimate of drug-likeness (QED) is 0.598. The summed E-state index contributed by atoms with van der Waals surface area (Å²) in [5.74, 6) is -1.11. The van der Waals surface area contributed by atoms with Crippen molar-refractivity contribution in [1.29, 1.82) is 0 Å². The molecule has 0 saturated heterocycles. The molecule has 0 aliphatic heterocycles. The number of nitrogens with one attached hydrogen (secondary N) is 1. The summed E-state index contributed by atoms with van der Waals surface area (Å²) in [4.78, 5) is 37.5. The molecule has 0 heterocycles. The number of aliphatic carboxylic acids is 1. The highest BCUT2D eigenvalue weighted by Gasteiger charge is 2.55. The number of likely N-dealkylation sites (N-methyl/N-ethyl adjacent to an activating group) is 1. The second-order valence-corrected chi connectivity index (χ2v) is 9.05. The zero-order chi connectivity index (χ0) is 23.6. The number of rotatable bonds is 9. The van der Waals surface area contributed by atoms with Gasteiger partial charge in [0.25, 0.3) is 0 Å². The van der Waals surface area contributed by atoms with Crippen molar-refractivity contribution in [1.82, 2.24) is 10.2 Å². The molecule has 0 aromatic heterocycles. The van der Waals surface area contributed by atoms with Crippen molar-refractivity contribution in [2.45, 2.75) is 56.5 Å². The van der Waals surface area contributed by atoms with Gasteiger partial charge in [-0.05, 0) is 54.9 Å². The molecule has 0 spiro atoms. The molecular weight excluding hydrogens is 420 g/mol. The largest absolute Gasteiger partial charge is 0.479 e. The van der Waals surface area contributed by atoms with Gasteiger partial charge < -0.3 is 20.1 Å². The van der Waals surface area contributed by atoms with Gasteiger partial charge in [0.2, 0.25) is 5.91 Å². The van der Waals surface area contributed by atoms with Crippen molar-refractivity contribution in [3.63, 3.8) is 0 Å². The van der Waals surface area contributed by atoms with E-state index in [0.717, 1.165) is 11.1 Å². The van der Waals surface area contributed by atoms with Crippen LogP contribution in [0, 0.1) is 0 Å². The van der Waals surface area contributed by atoms with Crippen molar-refractivity contribution in [3.05, 3.63) is 59.7 Å². The molecule has 33 heavy (non-hydrogen) atoms. The molecule has 1 saturated carbocycles. The van der Waals surface area contributed by atoms with Gasteiger partial charge in [-0.2, -0.15) is 0 Å². The summed E-state index contributed by atoms with van der Waals surface area (Å²) in [5.41, 5.74) is 3.68. The van der Waals surface area contributed by atoms with Gasteiger partial charge in [-0.15, -0.1) is 0 Å². The van der Waals surface area contributed by atoms with Crippen molar-refractivity contribution in [2.24, 2.45) is 0 Å². The predicted octanol–water partition coefficient (Wildman–Crippen LogP) is 4.16. The van der Waals surface area contributed by atoms with Crippen molar-refractivity contribution >= 4 is 18.0 Å². The van der Waals surface area contributed by atoms with E-state index in [1.165, 1.54) is 16.0 Å². The Bertz CT molecular complexity index is 1020. The van der Waals surface area contributed by atoms with E-state index in [1.807, 2.05) is 31.2 Å². The number of nitrogens with zero attached hydrogens (tertiary/aromatic N) is 1. The summed E-state index contributed by atoms with van der Waals surface area (Å²) >= 11 is 0. The van der Waals surface area contributed by atoms with Crippen LogP contribution in [0.4, 0.5) is 4.79 Å². The fraction of sp³-hybridized carbons (Fsp3) is 0.423. The highest BCUT2D eigenvalue weighted by atomic mass is 16.5. The maximum absolute atomic E-state index is 12.4. The van der Waals surface area contributed by atoms with Crippen LogP contribution in [-0.2, 0) is 14.3 Å². The smallest absolute Gasteiger partial charge is 0.407 e. The first-order valence-electron chi connectivity index (χ1n) is 11.4. The third-order valence-corrected chi connectivity index (χ3v) is 6.87. The Balaban J connectivity index is 1.23. The number of carboxylic acids is 1. The SMILES string of the molecule is CC(CCCC(=O)N(C)C1(C(=O)O)CC1)NC(=O)OCC1c2ccccc2-c2ccccc21. The standard InChI is InChI=1S/C26H30N2O5/c1-17(8-7-13-23(29)28(2)26(14-15-26)24(30)31)27-25(32)33-16-22-20-11-5-3-9-18(20)19-10-4-6-12-21(19)22/h3-6,9-12,17,22H,7-8,13-16H2,1-2H3,(H,27,32)(H,30,31). The molecule has 1 fully saturated rings. The van der Waals surface area contributed by atoms with Crippen LogP contribution in [-0.4, -0.2) is 53.2 Å². The van der Waals surface area contributed by atoms with Gasteiger partial charge >= 0.3 is 12.1 Å².